The number of nitrogens with one attached hydrogen (secondary N) is 1. The third-order valence-electron chi connectivity index (χ3n) is 4.95. The van der Waals surface area contributed by atoms with Crippen molar-refractivity contribution in [2.24, 2.45) is 0 Å². The first-order chi connectivity index (χ1) is 9.83. The molecule has 1 aliphatic heterocycles. The van der Waals surface area contributed by atoms with Crippen LogP contribution in [0.25, 0.3) is 6.08 Å². The van der Waals surface area contributed by atoms with Gasteiger partial charge in [-0.25, -0.2) is 0 Å². The lowest BCUT2D eigenvalue weighted by molar-refractivity contribution is 0.284. The van der Waals surface area contributed by atoms with Crippen LogP contribution in [0.4, 0.5) is 5.69 Å². The second-order valence-electron chi connectivity index (χ2n) is 6.05. The summed E-state index contributed by atoms with van der Waals surface area (Å²) in [6.45, 7) is 8.41. The van der Waals surface area contributed by atoms with Crippen LogP contribution in [0.1, 0.15) is 43.7 Å². The molecule has 2 aliphatic rings. The Kier molecular flexibility index (Phi) is 4.11. The highest BCUT2D eigenvalue weighted by atomic mass is 15.2. The molecule has 1 aromatic rings. The van der Waals surface area contributed by atoms with E-state index in [9.17, 15) is 0 Å². The number of aryl methyl sites for hydroxylation is 1. The van der Waals surface area contributed by atoms with Crippen LogP contribution in [0.5, 0.6) is 0 Å². The molecular weight excluding hydrogens is 244 g/mol. The third kappa shape index (κ3) is 2.49. The Morgan fingerprint density at radius 1 is 1.35 bits per heavy atom. The minimum Gasteiger partial charge on any atom is -0.366 e. The van der Waals surface area contributed by atoms with Gasteiger partial charge in [0.25, 0.3) is 0 Å². The van der Waals surface area contributed by atoms with Gasteiger partial charge in [-0.1, -0.05) is 38.5 Å². The quantitative estimate of drug-likeness (QED) is 0.902. The topological polar surface area (TPSA) is 15.3 Å². The summed E-state index contributed by atoms with van der Waals surface area (Å²) in [4.78, 5) is 2.65. The number of anilines is 1. The Morgan fingerprint density at radius 3 is 3.00 bits per heavy atom. The van der Waals surface area contributed by atoms with Gasteiger partial charge in [-0.3, -0.25) is 0 Å². The fourth-order valence-corrected chi connectivity index (χ4v) is 3.86. The number of piperazine rings is 1. The van der Waals surface area contributed by atoms with Crippen LogP contribution in [0, 0.1) is 0 Å². The Balaban J connectivity index is 1.88. The first-order valence-corrected chi connectivity index (χ1v) is 8.09. The van der Waals surface area contributed by atoms with E-state index < -0.39 is 0 Å². The fourth-order valence-electron chi connectivity index (χ4n) is 3.86. The van der Waals surface area contributed by atoms with Crippen molar-refractivity contribution >= 4 is 11.8 Å². The molecule has 108 valence electrons. The van der Waals surface area contributed by atoms with Crippen LogP contribution in [-0.4, -0.2) is 25.2 Å². The van der Waals surface area contributed by atoms with Gasteiger partial charge in [-0.2, -0.15) is 0 Å². The van der Waals surface area contributed by atoms with Gasteiger partial charge >= 0.3 is 0 Å². The summed E-state index contributed by atoms with van der Waals surface area (Å²) < 4.78 is 0. The summed E-state index contributed by atoms with van der Waals surface area (Å²) in [5, 5.41) is 3.71. The van der Waals surface area contributed by atoms with Gasteiger partial charge in [-0.05, 0) is 42.5 Å². The summed E-state index contributed by atoms with van der Waals surface area (Å²) >= 11 is 0. The predicted octanol–water partition coefficient (Wildman–Crippen LogP) is 3.61. The number of hydrogen-bond acceptors (Lipinski definition) is 2. The molecule has 20 heavy (non-hydrogen) atoms. The van der Waals surface area contributed by atoms with Gasteiger partial charge in [0.2, 0.25) is 0 Å². The molecule has 0 spiro atoms. The van der Waals surface area contributed by atoms with Gasteiger partial charge in [-0.15, -0.1) is 0 Å². The molecule has 2 atom stereocenters. The summed E-state index contributed by atoms with van der Waals surface area (Å²) in [5.41, 5.74) is 4.11. The fraction of sp³-hybridized carbons (Fsp3) is 0.556. The maximum Gasteiger partial charge on any atom is 0.0443 e. The van der Waals surface area contributed by atoms with Crippen LogP contribution in [0.3, 0.4) is 0 Å². The Morgan fingerprint density at radius 2 is 2.20 bits per heavy atom. The van der Waals surface area contributed by atoms with Gasteiger partial charge in [0.15, 0.2) is 0 Å². The summed E-state index contributed by atoms with van der Waals surface area (Å²) in [7, 11) is 0. The van der Waals surface area contributed by atoms with Gasteiger partial charge in [0, 0.05) is 30.9 Å². The summed E-state index contributed by atoms with van der Waals surface area (Å²) in [6, 6.07) is 8.29. The SMILES string of the molecule is C=Cc1ccc(N2CCNC3CCCCC32)cc1CC. The van der Waals surface area contributed by atoms with Crippen molar-refractivity contribution in [1.29, 1.82) is 0 Å². The zero-order valence-electron chi connectivity index (χ0n) is 12.6. The third-order valence-corrected chi connectivity index (χ3v) is 4.95. The van der Waals surface area contributed by atoms with Crippen molar-refractivity contribution in [3.8, 4) is 0 Å². The first kappa shape index (κ1) is 13.7. The maximum atomic E-state index is 3.92. The second-order valence-corrected chi connectivity index (χ2v) is 6.05. The average molecular weight is 270 g/mol. The number of rotatable bonds is 3. The van der Waals surface area contributed by atoms with E-state index >= 15 is 0 Å². The van der Waals surface area contributed by atoms with E-state index in [1.807, 2.05) is 6.08 Å². The number of nitrogens with zero attached hydrogens (tertiary/aromatic N) is 1. The lowest BCUT2D eigenvalue weighted by Gasteiger charge is -2.46. The standard InChI is InChI=1S/C18H26N2/c1-3-14-9-10-16(13-15(14)4-2)20-12-11-19-17-7-5-6-8-18(17)20/h3,9-10,13,17-19H,1,4-8,11-12H2,2H3. The van der Waals surface area contributed by atoms with Crippen molar-refractivity contribution in [2.45, 2.75) is 51.1 Å². The first-order valence-electron chi connectivity index (χ1n) is 8.09. The van der Waals surface area contributed by atoms with Crippen LogP contribution in [0.2, 0.25) is 0 Å². The molecule has 2 fully saturated rings. The van der Waals surface area contributed by atoms with E-state index in [0.29, 0.717) is 12.1 Å². The van der Waals surface area contributed by atoms with Crippen molar-refractivity contribution < 1.29 is 0 Å². The lowest BCUT2D eigenvalue weighted by Crippen LogP contribution is -2.59. The molecule has 1 aromatic carbocycles. The Bertz CT molecular complexity index is 478. The van der Waals surface area contributed by atoms with E-state index in [-0.39, 0.29) is 0 Å². The molecule has 0 amide bonds. The van der Waals surface area contributed by atoms with Gasteiger partial charge in [0.1, 0.15) is 0 Å². The van der Waals surface area contributed by atoms with Crippen LogP contribution >= 0.6 is 0 Å². The molecule has 0 aromatic heterocycles. The number of benzene rings is 1. The largest absolute Gasteiger partial charge is 0.366 e. The molecule has 0 radical (unpaired) electrons. The predicted molar refractivity (Wildman–Crippen MR) is 87.3 cm³/mol. The van der Waals surface area contributed by atoms with E-state index in [1.165, 1.54) is 42.5 Å². The van der Waals surface area contributed by atoms with Crippen molar-refractivity contribution in [3.63, 3.8) is 0 Å². The highest BCUT2D eigenvalue weighted by molar-refractivity contribution is 5.60. The van der Waals surface area contributed by atoms with Crippen molar-refractivity contribution in [3.05, 3.63) is 35.9 Å². The molecule has 3 rings (SSSR count). The molecule has 1 N–H and O–H groups in total. The van der Waals surface area contributed by atoms with Gasteiger partial charge in [0.05, 0.1) is 0 Å². The van der Waals surface area contributed by atoms with E-state index in [1.54, 1.807) is 0 Å². The van der Waals surface area contributed by atoms with Gasteiger partial charge < -0.3 is 10.2 Å². The smallest absolute Gasteiger partial charge is 0.0443 e. The molecule has 1 saturated heterocycles. The molecule has 2 unspecified atom stereocenters. The van der Waals surface area contributed by atoms with Crippen LogP contribution in [0.15, 0.2) is 24.8 Å². The second kappa shape index (κ2) is 6.01. The molecule has 1 heterocycles. The highest BCUT2D eigenvalue weighted by Crippen LogP contribution is 2.31. The Labute approximate surface area is 122 Å². The summed E-state index contributed by atoms with van der Waals surface area (Å²) in [5.74, 6) is 0. The minimum absolute atomic E-state index is 0.691. The van der Waals surface area contributed by atoms with Crippen molar-refractivity contribution in [1.82, 2.24) is 5.32 Å². The Hall–Kier alpha value is -1.28. The molecule has 2 nitrogen and oxygen atoms in total. The zero-order valence-corrected chi connectivity index (χ0v) is 12.6. The highest BCUT2D eigenvalue weighted by Gasteiger charge is 2.33. The number of fused-ring (bicyclic) bond motifs is 1. The summed E-state index contributed by atoms with van der Waals surface area (Å²) in [6.07, 6.45) is 8.50. The molecule has 2 heteroatoms. The number of hydrogen-bond donors (Lipinski definition) is 1. The van der Waals surface area contributed by atoms with Crippen LogP contribution in [-0.2, 0) is 6.42 Å². The van der Waals surface area contributed by atoms with E-state index in [0.717, 1.165) is 19.5 Å². The van der Waals surface area contributed by atoms with Crippen LogP contribution < -0.4 is 10.2 Å². The zero-order chi connectivity index (χ0) is 13.9. The van der Waals surface area contributed by atoms with Crippen molar-refractivity contribution in [2.75, 3.05) is 18.0 Å². The monoisotopic (exact) mass is 270 g/mol. The molecule has 1 saturated carbocycles. The average Bonchev–Trinajstić information content (AvgIpc) is 2.53. The lowest BCUT2D eigenvalue weighted by atomic mass is 9.87. The minimum atomic E-state index is 0.691. The molecule has 0 bridgehead atoms. The maximum absolute atomic E-state index is 3.92. The molecular formula is C18H26N2. The van der Waals surface area contributed by atoms with E-state index in [4.69, 9.17) is 0 Å². The normalized spacial score (nSPS) is 26.1. The van der Waals surface area contributed by atoms with E-state index in [2.05, 4.69) is 41.9 Å². The molecule has 1 aliphatic carbocycles.